The number of aldehydes is 1. The lowest BCUT2D eigenvalue weighted by atomic mass is 9.89. The van der Waals surface area contributed by atoms with Gasteiger partial charge >= 0.3 is 0 Å². The third-order valence-corrected chi connectivity index (χ3v) is 4.36. The Balaban J connectivity index is 1.72. The molecule has 0 radical (unpaired) electrons. The lowest BCUT2D eigenvalue weighted by Gasteiger charge is -2.29. The fraction of sp³-hybridized carbons (Fsp3) is 0.529. The molecule has 2 fully saturated rings. The van der Waals surface area contributed by atoms with Crippen LogP contribution in [0.15, 0.2) is 41.7 Å². The predicted octanol–water partition coefficient (Wildman–Crippen LogP) is 1.98. The van der Waals surface area contributed by atoms with E-state index in [9.17, 15) is 4.79 Å². The van der Waals surface area contributed by atoms with Crippen LogP contribution in [0.4, 0.5) is 0 Å². The van der Waals surface area contributed by atoms with Crippen molar-refractivity contribution in [1.82, 2.24) is 4.90 Å². The molecular weight excluding hydrogens is 250 g/mol. The van der Waals surface area contributed by atoms with Gasteiger partial charge in [0.1, 0.15) is 6.29 Å². The van der Waals surface area contributed by atoms with Crippen LogP contribution in [0.3, 0.4) is 0 Å². The monoisotopic (exact) mass is 271 g/mol. The second-order valence-corrected chi connectivity index (χ2v) is 5.97. The van der Waals surface area contributed by atoms with Gasteiger partial charge in [-0.1, -0.05) is 18.2 Å². The highest BCUT2D eigenvalue weighted by atomic mass is 16.5. The zero-order valence-electron chi connectivity index (χ0n) is 11.7. The Labute approximate surface area is 120 Å². The summed E-state index contributed by atoms with van der Waals surface area (Å²) in [6.45, 7) is 4.40. The van der Waals surface area contributed by atoms with Gasteiger partial charge in [-0.25, -0.2) is 0 Å². The number of hydrogen-bond acceptors (Lipinski definition) is 3. The lowest BCUT2D eigenvalue weighted by Crippen LogP contribution is -2.37. The van der Waals surface area contributed by atoms with Crippen molar-refractivity contribution in [2.24, 2.45) is 17.8 Å². The van der Waals surface area contributed by atoms with Crippen LogP contribution in [-0.4, -0.2) is 44.0 Å². The Morgan fingerprint density at radius 2 is 2.25 bits per heavy atom. The smallest absolute Gasteiger partial charge is 0.123 e. The van der Waals surface area contributed by atoms with E-state index in [1.165, 1.54) is 5.57 Å². The van der Waals surface area contributed by atoms with Crippen LogP contribution in [0.25, 0.3) is 0 Å². The Morgan fingerprint density at radius 1 is 1.30 bits per heavy atom. The molecule has 0 aromatic carbocycles. The van der Waals surface area contributed by atoms with Crippen molar-refractivity contribution in [3.05, 3.63) is 41.7 Å². The molecule has 1 aliphatic carbocycles. The molecule has 0 N–H and O–H groups in total. The van der Waals surface area contributed by atoms with Gasteiger partial charge in [-0.3, -0.25) is 4.90 Å². The van der Waals surface area contributed by atoms with Gasteiger partial charge in [0.15, 0.2) is 0 Å². The first-order chi connectivity index (χ1) is 9.85. The first-order valence-corrected chi connectivity index (χ1v) is 7.39. The fourth-order valence-electron chi connectivity index (χ4n) is 3.37. The quantitative estimate of drug-likeness (QED) is 0.580. The van der Waals surface area contributed by atoms with Crippen molar-refractivity contribution in [2.45, 2.75) is 6.42 Å². The number of hydrogen-bond donors (Lipinski definition) is 0. The van der Waals surface area contributed by atoms with Crippen molar-refractivity contribution >= 4 is 6.29 Å². The van der Waals surface area contributed by atoms with E-state index in [2.05, 4.69) is 22.8 Å². The number of nitrogens with zero attached hydrogens (tertiary/aromatic N) is 1. The summed E-state index contributed by atoms with van der Waals surface area (Å²) in [7, 11) is 0. The average Bonchev–Trinajstić information content (AvgIpc) is 2.84. The molecule has 3 heteroatoms. The van der Waals surface area contributed by atoms with E-state index in [1.807, 2.05) is 18.2 Å². The van der Waals surface area contributed by atoms with E-state index in [-0.39, 0.29) is 5.92 Å². The molecular formula is C17H21NO2. The molecule has 2 heterocycles. The van der Waals surface area contributed by atoms with Crippen LogP contribution >= 0.6 is 0 Å². The van der Waals surface area contributed by atoms with Crippen LogP contribution in [0.5, 0.6) is 0 Å². The lowest BCUT2D eigenvalue weighted by molar-refractivity contribution is -0.113. The molecule has 3 nitrogen and oxygen atoms in total. The first-order valence-electron chi connectivity index (χ1n) is 7.39. The maximum absolute atomic E-state index is 11.3. The van der Waals surface area contributed by atoms with Crippen LogP contribution in [0.2, 0.25) is 0 Å². The van der Waals surface area contributed by atoms with Gasteiger partial charge in [0.25, 0.3) is 0 Å². The van der Waals surface area contributed by atoms with Gasteiger partial charge in [0.2, 0.25) is 0 Å². The molecule has 3 aliphatic rings. The second kappa shape index (κ2) is 6.36. The molecule has 3 atom stereocenters. The summed E-state index contributed by atoms with van der Waals surface area (Å²) in [5, 5.41) is 0. The van der Waals surface area contributed by atoms with E-state index in [1.54, 1.807) is 0 Å². The highest BCUT2D eigenvalue weighted by molar-refractivity contribution is 5.54. The summed E-state index contributed by atoms with van der Waals surface area (Å²) >= 11 is 0. The molecule has 106 valence electrons. The van der Waals surface area contributed by atoms with Crippen molar-refractivity contribution in [1.29, 1.82) is 0 Å². The van der Waals surface area contributed by atoms with E-state index in [4.69, 9.17) is 4.74 Å². The summed E-state index contributed by atoms with van der Waals surface area (Å²) in [5.41, 5.74) is 4.52. The second-order valence-electron chi connectivity index (χ2n) is 5.97. The van der Waals surface area contributed by atoms with E-state index >= 15 is 0 Å². The summed E-state index contributed by atoms with van der Waals surface area (Å²) in [4.78, 5) is 13.7. The molecule has 2 aliphatic heterocycles. The highest BCUT2D eigenvalue weighted by Gasteiger charge is 2.34. The zero-order valence-corrected chi connectivity index (χ0v) is 11.7. The standard InChI is InChI=1S/C17H21NO2/c19-11-16-7-15-9-18(10-17(16)13-20-12-15)8-14-5-3-1-2-4-6-14/h1-5,11,15-17H,7-10,12-13H2. The van der Waals surface area contributed by atoms with Crippen LogP contribution in [0.1, 0.15) is 6.42 Å². The third kappa shape index (κ3) is 3.18. The third-order valence-electron chi connectivity index (χ3n) is 4.36. The van der Waals surface area contributed by atoms with Gasteiger partial charge in [0, 0.05) is 37.0 Å². The van der Waals surface area contributed by atoms with Gasteiger partial charge in [-0.05, 0) is 24.5 Å². The number of carbonyl (C=O) groups is 1. The van der Waals surface area contributed by atoms with Gasteiger partial charge in [0.05, 0.1) is 13.2 Å². The molecule has 2 saturated heterocycles. The molecule has 3 unspecified atom stereocenters. The molecule has 0 saturated carbocycles. The minimum Gasteiger partial charge on any atom is -0.381 e. The molecule has 3 rings (SSSR count). The Kier molecular flexibility index (Phi) is 4.31. The van der Waals surface area contributed by atoms with Crippen LogP contribution in [-0.2, 0) is 9.53 Å². The molecule has 0 spiro atoms. The van der Waals surface area contributed by atoms with E-state index in [0.29, 0.717) is 11.8 Å². The largest absolute Gasteiger partial charge is 0.381 e. The number of allylic oxidation sites excluding steroid dienone is 3. The first kappa shape index (κ1) is 13.6. The van der Waals surface area contributed by atoms with E-state index < -0.39 is 0 Å². The number of fused-ring (bicyclic) bond motifs is 3. The number of rotatable bonds is 3. The number of likely N-dealkylation sites (tertiary alicyclic amines) is 1. The Hall–Kier alpha value is -1.41. The van der Waals surface area contributed by atoms with Gasteiger partial charge in [-0.2, -0.15) is 0 Å². The van der Waals surface area contributed by atoms with Gasteiger partial charge in [-0.15, -0.1) is 5.73 Å². The van der Waals surface area contributed by atoms with Crippen molar-refractivity contribution < 1.29 is 9.53 Å². The van der Waals surface area contributed by atoms with Crippen molar-refractivity contribution in [3.63, 3.8) is 0 Å². The predicted molar refractivity (Wildman–Crippen MR) is 78.3 cm³/mol. The minimum atomic E-state index is 0.170. The number of ether oxygens (including phenoxy) is 1. The molecule has 0 aromatic heterocycles. The molecule has 0 aromatic rings. The van der Waals surface area contributed by atoms with Crippen molar-refractivity contribution in [2.75, 3.05) is 32.8 Å². The molecule has 2 bridgehead atoms. The van der Waals surface area contributed by atoms with Crippen LogP contribution in [0, 0.1) is 17.8 Å². The average molecular weight is 271 g/mol. The SMILES string of the molecule is O=CC1CC2COCC1CN(CC1=C=CC=CC=C1)C2. The van der Waals surface area contributed by atoms with Crippen molar-refractivity contribution in [3.8, 4) is 0 Å². The Bertz CT molecular complexity index is 485. The summed E-state index contributed by atoms with van der Waals surface area (Å²) < 4.78 is 5.71. The van der Waals surface area contributed by atoms with E-state index in [0.717, 1.165) is 45.6 Å². The normalized spacial score (nSPS) is 33.4. The minimum absolute atomic E-state index is 0.170. The maximum atomic E-state index is 11.3. The topological polar surface area (TPSA) is 29.5 Å². The summed E-state index contributed by atoms with van der Waals surface area (Å²) in [5.74, 6) is 0.996. The maximum Gasteiger partial charge on any atom is 0.123 e. The Morgan fingerprint density at radius 3 is 3.15 bits per heavy atom. The summed E-state index contributed by atoms with van der Waals surface area (Å²) in [6, 6.07) is 0. The van der Waals surface area contributed by atoms with Gasteiger partial charge < -0.3 is 9.53 Å². The molecule has 0 amide bonds. The molecule has 20 heavy (non-hydrogen) atoms. The summed E-state index contributed by atoms with van der Waals surface area (Å²) in [6.07, 6.45) is 12.3. The fourth-order valence-corrected chi connectivity index (χ4v) is 3.37. The van der Waals surface area contributed by atoms with Crippen LogP contribution < -0.4 is 0 Å². The number of carbonyl (C=O) groups excluding carboxylic acids is 1. The zero-order chi connectivity index (χ0) is 13.8. The highest BCUT2D eigenvalue weighted by Crippen LogP contribution is 2.30.